The maximum atomic E-state index is 12.5. The molecule has 1 atom stereocenters. The van der Waals surface area contributed by atoms with Gasteiger partial charge in [0.15, 0.2) is 5.96 Å². The van der Waals surface area contributed by atoms with E-state index in [1.165, 1.54) is 0 Å². The molecule has 0 saturated carbocycles. The van der Waals surface area contributed by atoms with Crippen LogP contribution in [-0.4, -0.2) is 71.4 Å². The molecular weight excluding hydrogens is 350 g/mol. The zero-order valence-electron chi connectivity index (χ0n) is 15.8. The second-order valence-corrected chi connectivity index (χ2v) is 7.47. The van der Waals surface area contributed by atoms with Crippen LogP contribution in [0.15, 0.2) is 0 Å². The summed E-state index contributed by atoms with van der Waals surface area (Å²) in [4.78, 5) is 38.9. The number of nitrogens with two attached hydrogens (primary N) is 1. The molecule has 5 N–H and O–H groups in total. The van der Waals surface area contributed by atoms with Crippen LogP contribution in [0.4, 0.5) is 0 Å². The number of carbonyl (C=O) groups is 3. The van der Waals surface area contributed by atoms with E-state index in [-0.39, 0.29) is 36.7 Å². The Bertz CT molecular complexity index is 560. The molecule has 0 aliphatic carbocycles. The molecule has 0 radical (unpaired) electrons. The summed E-state index contributed by atoms with van der Waals surface area (Å²) in [5, 5.41) is 18.7. The lowest BCUT2D eigenvalue weighted by Gasteiger charge is -2.34. The van der Waals surface area contributed by atoms with Gasteiger partial charge in [0, 0.05) is 39.1 Å². The molecule has 0 spiro atoms. The van der Waals surface area contributed by atoms with E-state index in [0.29, 0.717) is 25.4 Å². The molecule has 1 unspecified atom stereocenters. The number of aliphatic carboxylic acids is 1. The quantitative estimate of drug-likeness (QED) is 0.367. The third kappa shape index (κ3) is 6.73. The van der Waals surface area contributed by atoms with Crippen LogP contribution in [0.3, 0.4) is 0 Å². The van der Waals surface area contributed by atoms with Crippen LogP contribution >= 0.6 is 0 Å². The molecule has 2 aliphatic rings. The van der Waals surface area contributed by atoms with Gasteiger partial charge >= 0.3 is 5.97 Å². The first kappa shape index (κ1) is 21.0. The minimum Gasteiger partial charge on any atom is -0.481 e. The van der Waals surface area contributed by atoms with Crippen LogP contribution in [0.5, 0.6) is 0 Å². The van der Waals surface area contributed by atoms with E-state index < -0.39 is 5.97 Å². The Morgan fingerprint density at radius 1 is 1.07 bits per heavy atom. The van der Waals surface area contributed by atoms with Gasteiger partial charge in [-0.1, -0.05) is 0 Å². The zero-order chi connectivity index (χ0) is 19.8. The Balaban J connectivity index is 1.70. The lowest BCUT2D eigenvalue weighted by molar-refractivity contribution is -0.137. The number of carboxylic acid groups (broad SMARTS) is 1. The zero-order valence-corrected chi connectivity index (χ0v) is 15.8. The van der Waals surface area contributed by atoms with Crippen LogP contribution < -0.4 is 11.1 Å². The first-order valence-corrected chi connectivity index (χ1v) is 9.73. The summed E-state index contributed by atoms with van der Waals surface area (Å²) in [7, 11) is 0. The number of nitrogens with zero attached hydrogens (tertiary/aromatic N) is 2. The summed E-state index contributed by atoms with van der Waals surface area (Å²) >= 11 is 0. The van der Waals surface area contributed by atoms with Gasteiger partial charge in [-0.05, 0) is 38.0 Å². The van der Waals surface area contributed by atoms with Gasteiger partial charge in [-0.25, -0.2) is 0 Å². The van der Waals surface area contributed by atoms with Crippen molar-refractivity contribution in [1.29, 1.82) is 5.41 Å². The molecule has 2 heterocycles. The van der Waals surface area contributed by atoms with Gasteiger partial charge < -0.3 is 26.0 Å². The average molecular weight is 381 g/mol. The van der Waals surface area contributed by atoms with Crippen LogP contribution in [0.25, 0.3) is 0 Å². The second kappa shape index (κ2) is 10.1. The molecule has 0 aromatic rings. The van der Waals surface area contributed by atoms with E-state index in [1.54, 1.807) is 4.90 Å². The van der Waals surface area contributed by atoms with Gasteiger partial charge in [-0.3, -0.25) is 19.8 Å². The van der Waals surface area contributed by atoms with Crippen molar-refractivity contribution in [3.8, 4) is 0 Å². The molecule has 2 saturated heterocycles. The third-order valence-electron chi connectivity index (χ3n) is 5.50. The van der Waals surface area contributed by atoms with Gasteiger partial charge in [0.1, 0.15) is 0 Å². The minimum atomic E-state index is -0.940. The smallest absolute Gasteiger partial charge is 0.305 e. The Kier molecular flexibility index (Phi) is 7.87. The molecule has 27 heavy (non-hydrogen) atoms. The fourth-order valence-electron chi connectivity index (χ4n) is 3.80. The number of carboxylic acids is 1. The summed E-state index contributed by atoms with van der Waals surface area (Å²) in [5.74, 6) is -0.674. The fourth-order valence-corrected chi connectivity index (χ4v) is 3.80. The van der Waals surface area contributed by atoms with Crippen molar-refractivity contribution in [2.45, 2.75) is 44.9 Å². The number of amides is 2. The van der Waals surface area contributed by atoms with Crippen molar-refractivity contribution in [1.82, 2.24) is 15.1 Å². The third-order valence-corrected chi connectivity index (χ3v) is 5.50. The van der Waals surface area contributed by atoms with Crippen molar-refractivity contribution in [3.05, 3.63) is 0 Å². The summed E-state index contributed by atoms with van der Waals surface area (Å²) in [6.07, 6.45) is 4.63. The van der Waals surface area contributed by atoms with Crippen molar-refractivity contribution in [3.63, 3.8) is 0 Å². The van der Waals surface area contributed by atoms with Crippen molar-refractivity contribution in [2.75, 3.05) is 32.7 Å². The lowest BCUT2D eigenvalue weighted by Crippen LogP contribution is -2.46. The van der Waals surface area contributed by atoms with Crippen molar-refractivity contribution >= 4 is 23.7 Å². The molecule has 9 heteroatoms. The van der Waals surface area contributed by atoms with E-state index in [1.807, 2.05) is 4.90 Å². The van der Waals surface area contributed by atoms with Gasteiger partial charge in [0.25, 0.3) is 0 Å². The number of nitrogens with one attached hydrogen (secondary N) is 2. The highest BCUT2D eigenvalue weighted by Gasteiger charge is 2.29. The predicted molar refractivity (Wildman–Crippen MR) is 100 cm³/mol. The number of hydrogen-bond donors (Lipinski definition) is 4. The summed E-state index contributed by atoms with van der Waals surface area (Å²) in [5.41, 5.74) is 5.50. The molecule has 2 aliphatic heterocycles. The van der Waals surface area contributed by atoms with Gasteiger partial charge in [0.05, 0.1) is 12.3 Å². The highest BCUT2D eigenvalue weighted by Crippen LogP contribution is 2.23. The number of rotatable bonds is 7. The highest BCUT2D eigenvalue weighted by atomic mass is 16.4. The Morgan fingerprint density at radius 2 is 1.78 bits per heavy atom. The van der Waals surface area contributed by atoms with E-state index in [9.17, 15) is 14.4 Å². The molecular formula is C18H31N5O4. The lowest BCUT2D eigenvalue weighted by atomic mass is 9.91. The molecule has 2 amide bonds. The topological polar surface area (TPSA) is 140 Å². The van der Waals surface area contributed by atoms with E-state index in [4.69, 9.17) is 16.2 Å². The van der Waals surface area contributed by atoms with Crippen molar-refractivity contribution < 1.29 is 19.5 Å². The minimum absolute atomic E-state index is 0.0898. The maximum Gasteiger partial charge on any atom is 0.305 e. The normalized spacial score (nSPS) is 21.0. The van der Waals surface area contributed by atoms with Crippen LogP contribution in [0, 0.1) is 17.2 Å². The molecule has 2 fully saturated rings. The first-order valence-electron chi connectivity index (χ1n) is 9.73. The SMILES string of the molecule is N=C(N)N1CCC(CCC(=O)N2CCCC(C(=O)NCCC(=O)O)C2)CC1. The monoisotopic (exact) mass is 381 g/mol. The summed E-state index contributed by atoms with van der Waals surface area (Å²) in [6, 6.07) is 0. The van der Waals surface area contributed by atoms with E-state index >= 15 is 0 Å². The number of carbonyl (C=O) groups excluding carboxylic acids is 2. The van der Waals surface area contributed by atoms with Gasteiger partial charge in [-0.2, -0.15) is 0 Å². The van der Waals surface area contributed by atoms with Crippen LogP contribution in [0.2, 0.25) is 0 Å². The molecule has 2 rings (SSSR count). The number of likely N-dealkylation sites (tertiary alicyclic amines) is 2. The summed E-state index contributed by atoms with van der Waals surface area (Å²) < 4.78 is 0. The first-order chi connectivity index (χ1) is 12.9. The predicted octanol–water partition coefficient (Wildman–Crippen LogP) is 0.202. The second-order valence-electron chi connectivity index (χ2n) is 7.47. The number of guanidine groups is 1. The number of piperidine rings is 2. The molecule has 0 aromatic carbocycles. The molecule has 0 aromatic heterocycles. The maximum absolute atomic E-state index is 12.5. The van der Waals surface area contributed by atoms with Crippen LogP contribution in [-0.2, 0) is 14.4 Å². The highest BCUT2D eigenvalue weighted by molar-refractivity contribution is 5.81. The molecule has 0 bridgehead atoms. The van der Waals surface area contributed by atoms with Crippen LogP contribution in [0.1, 0.15) is 44.9 Å². The molecule has 152 valence electrons. The average Bonchev–Trinajstić information content (AvgIpc) is 2.66. The number of hydrogen-bond acceptors (Lipinski definition) is 4. The van der Waals surface area contributed by atoms with E-state index in [2.05, 4.69) is 5.32 Å². The van der Waals surface area contributed by atoms with Gasteiger partial charge in [-0.15, -0.1) is 0 Å². The molecule has 9 nitrogen and oxygen atoms in total. The van der Waals surface area contributed by atoms with Crippen molar-refractivity contribution in [2.24, 2.45) is 17.6 Å². The van der Waals surface area contributed by atoms with E-state index in [0.717, 1.165) is 45.2 Å². The largest absolute Gasteiger partial charge is 0.481 e. The summed E-state index contributed by atoms with van der Waals surface area (Å²) in [6.45, 7) is 2.77. The fraction of sp³-hybridized carbons (Fsp3) is 0.778. The Labute approximate surface area is 159 Å². The van der Waals surface area contributed by atoms with Gasteiger partial charge in [0.2, 0.25) is 11.8 Å². The standard InChI is InChI=1S/C18H31N5O4/c19-18(20)22-10-6-13(7-11-22)3-4-15(24)23-9-1-2-14(12-23)17(27)21-8-5-16(25)26/h13-14H,1-12H2,(H3,19,20)(H,21,27)(H,25,26). The Morgan fingerprint density at radius 3 is 2.41 bits per heavy atom. The Hall–Kier alpha value is -2.32.